The van der Waals surface area contributed by atoms with Crippen LogP contribution in [0.1, 0.15) is 58.8 Å². The largest absolute Gasteiger partial charge is 0.481 e. The number of rotatable bonds is 6. The van der Waals surface area contributed by atoms with Gasteiger partial charge in [-0.15, -0.1) is 0 Å². The van der Waals surface area contributed by atoms with Crippen molar-refractivity contribution in [2.75, 3.05) is 6.61 Å². The summed E-state index contributed by atoms with van der Waals surface area (Å²) in [6, 6.07) is 0. The van der Waals surface area contributed by atoms with E-state index in [-0.39, 0.29) is 31.0 Å². The molecule has 4 N–H and O–H groups in total. The minimum Gasteiger partial charge on any atom is -0.481 e. The SMILES string of the molecule is C[C@]12CCC3=C(CC(=O)[C@@H]([C@@H](O)CO)[C@]3(C)CCC(=O)O)[C@@H]1CC[C@@H]2C(=O)O. The summed E-state index contributed by atoms with van der Waals surface area (Å²) in [5.74, 6) is -3.22. The zero-order chi connectivity index (χ0) is 20.9. The van der Waals surface area contributed by atoms with Gasteiger partial charge in [-0.2, -0.15) is 0 Å². The number of hydrogen-bond acceptors (Lipinski definition) is 5. The highest BCUT2D eigenvalue weighted by Gasteiger charge is 2.58. The van der Waals surface area contributed by atoms with E-state index in [4.69, 9.17) is 0 Å². The maximum absolute atomic E-state index is 13.0. The number of aliphatic hydroxyl groups is 2. The summed E-state index contributed by atoms with van der Waals surface area (Å²) < 4.78 is 0. The van der Waals surface area contributed by atoms with E-state index in [2.05, 4.69) is 0 Å². The molecule has 6 atom stereocenters. The van der Waals surface area contributed by atoms with Crippen LogP contribution in [-0.2, 0) is 14.4 Å². The lowest BCUT2D eigenvalue weighted by atomic mass is 9.52. The summed E-state index contributed by atoms with van der Waals surface area (Å²) in [4.78, 5) is 36.1. The molecule has 0 saturated heterocycles. The fraction of sp³-hybridized carbons (Fsp3) is 0.762. The maximum Gasteiger partial charge on any atom is 0.307 e. The quantitative estimate of drug-likeness (QED) is 0.507. The van der Waals surface area contributed by atoms with Gasteiger partial charge in [0.2, 0.25) is 0 Å². The van der Waals surface area contributed by atoms with Crippen LogP contribution in [0.15, 0.2) is 11.1 Å². The van der Waals surface area contributed by atoms with E-state index >= 15 is 0 Å². The van der Waals surface area contributed by atoms with Crippen molar-refractivity contribution in [3.8, 4) is 0 Å². The van der Waals surface area contributed by atoms with Crippen molar-refractivity contribution in [1.29, 1.82) is 0 Å². The molecule has 1 saturated carbocycles. The molecule has 3 aliphatic carbocycles. The first kappa shape index (κ1) is 21.0. The van der Waals surface area contributed by atoms with Crippen molar-refractivity contribution >= 4 is 17.7 Å². The normalized spacial score (nSPS) is 38.7. The molecule has 7 nitrogen and oxygen atoms in total. The Morgan fingerprint density at radius 1 is 1.21 bits per heavy atom. The minimum atomic E-state index is -1.23. The number of carboxylic acid groups (broad SMARTS) is 2. The number of aliphatic carboxylic acids is 2. The summed E-state index contributed by atoms with van der Waals surface area (Å²) >= 11 is 0. The van der Waals surface area contributed by atoms with Crippen molar-refractivity contribution in [3.05, 3.63) is 11.1 Å². The summed E-state index contributed by atoms with van der Waals surface area (Å²) in [6.07, 6.45) is 1.57. The predicted octanol–water partition coefficient (Wildman–Crippen LogP) is 2.01. The number of aliphatic hydroxyl groups excluding tert-OH is 2. The molecule has 3 rings (SSSR count). The lowest BCUT2D eigenvalue weighted by molar-refractivity contribution is -0.146. The number of allylic oxidation sites excluding steroid dienone is 2. The van der Waals surface area contributed by atoms with Gasteiger partial charge in [0.05, 0.1) is 24.5 Å². The topological polar surface area (TPSA) is 132 Å². The van der Waals surface area contributed by atoms with Gasteiger partial charge in [-0.05, 0) is 43.4 Å². The molecule has 156 valence electrons. The minimum absolute atomic E-state index is 0.00216. The number of fused-ring (bicyclic) bond motifs is 2. The second-order valence-electron chi connectivity index (χ2n) is 9.21. The fourth-order valence-electron chi connectivity index (χ4n) is 6.47. The van der Waals surface area contributed by atoms with Gasteiger partial charge in [-0.3, -0.25) is 14.4 Å². The van der Waals surface area contributed by atoms with Crippen molar-refractivity contribution in [1.82, 2.24) is 0 Å². The van der Waals surface area contributed by atoms with Crippen LogP contribution in [0.5, 0.6) is 0 Å². The average Bonchev–Trinajstić information content (AvgIpc) is 2.97. The first-order chi connectivity index (χ1) is 13.1. The lowest BCUT2D eigenvalue weighted by Crippen LogP contribution is -2.51. The lowest BCUT2D eigenvalue weighted by Gasteiger charge is -2.52. The van der Waals surface area contributed by atoms with E-state index in [9.17, 15) is 34.8 Å². The Morgan fingerprint density at radius 2 is 1.89 bits per heavy atom. The van der Waals surface area contributed by atoms with Crippen LogP contribution in [0.3, 0.4) is 0 Å². The van der Waals surface area contributed by atoms with E-state index in [0.29, 0.717) is 25.7 Å². The number of Topliss-reactive ketones (excluding diaryl/α,β-unsaturated/α-hetero) is 1. The molecule has 7 heteroatoms. The molecular weight excluding hydrogens is 364 g/mol. The first-order valence-corrected chi connectivity index (χ1v) is 10.0. The highest BCUT2D eigenvalue weighted by molar-refractivity contribution is 5.87. The summed E-state index contributed by atoms with van der Waals surface area (Å²) in [7, 11) is 0. The van der Waals surface area contributed by atoms with Gasteiger partial charge in [-0.1, -0.05) is 25.0 Å². The van der Waals surface area contributed by atoms with Gasteiger partial charge in [0, 0.05) is 18.3 Å². The third-order valence-electron chi connectivity index (χ3n) is 7.87. The number of ketones is 1. The Bertz CT molecular complexity index is 726. The smallest absolute Gasteiger partial charge is 0.307 e. The van der Waals surface area contributed by atoms with Gasteiger partial charge in [-0.25, -0.2) is 0 Å². The molecule has 0 spiro atoms. The van der Waals surface area contributed by atoms with E-state index < -0.39 is 47.3 Å². The Hall–Kier alpha value is -1.73. The highest BCUT2D eigenvalue weighted by Crippen LogP contribution is 2.63. The molecule has 0 bridgehead atoms. The number of carbonyl (C=O) groups is 3. The zero-order valence-corrected chi connectivity index (χ0v) is 16.5. The Labute approximate surface area is 164 Å². The van der Waals surface area contributed by atoms with Crippen LogP contribution in [0.2, 0.25) is 0 Å². The molecule has 0 aromatic carbocycles. The highest BCUT2D eigenvalue weighted by atomic mass is 16.4. The molecule has 1 fully saturated rings. The van der Waals surface area contributed by atoms with Crippen LogP contribution in [0.25, 0.3) is 0 Å². The Morgan fingerprint density at radius 3 is 2.46 bits per heavy atom. The summed E-state index contributed by atoms with van der Waals surface area (Å²) in [5, 5.41) is 38.7. The second kappa shape index (κ2) is 7.26. The molecule has 3 aliphatic rings. The van der Waals surface area contributed by atoms with Gasteiger partial charge < -0.3 is 20.4 Å². The van der Waals surface area contributed by atoms with Crippen LogP contribution in [0.4, 0.5) is 0 Å². The number of carboxylic acids is 2. The van der Waals surface area contributed by atoms with E-state index in [1.165, 1.54) is 0 Å². The Balaban J connectivity index is 2.08. The summed E-state index contributed by atoms with van der Waals surface area (Å²) in [6.45, 7) is 3.28. The van der Waals surface area contributed by atoms with Gasteiger partial charge in [0.1, 0.15) is 5.78 Å². The zero-order valence-electron chi connectivity index (χ0n) is 16.5. The number of carbonyl (C=O) groups excluding carboxylic acids is 1. The maximum atomic E-state index is 13.0. The van der Waals surface area contributed by atoms with Crippen molar-refractivity contribution in [2.45, 2.75) is 64.9 Å². The van der Waals surface area contributed by atoms with Gasteiger partial charge in [0.15, 0.2) is 0 Å². The van der Waals surface area contributed by atoms with Crippen LogP contribution in [-0.4, -0.2) is 50.9 Å². The first-order valence-electron chi connectivity index (χ1n) is 10.0. The molecule has 0 heterocycles. The molecule has 0 unspecified atom stereocenters. The fourth-order valence-corrected chi connectivity index (χ4v) is 6.47. The van der Waals surface area contributed by atoms with E-state index in [1.54, 1.807) is 0 Å². The third-order valence-corrected chi connectivity index (χ3v) is 7.87. The van der Waals surface area contributed by atoms with Crippen LogP contribution < -0.4 is 0 Å². The third kappa shape index (κ3) is 3.08. The molecule has 28 heavy (non-hydrogen) atoms. The molecular formula is C21H30O7. The Kier molecular flexibility index (Phi) is 5.44. The average molecular weight is 394 g/mol. The van der Waals surface area contributed by atoms with Crippen molar-refractivity contribution < 1.29 is 34.8 Å². The van der Waals surface area contributed by atoms with Gasteiger partial charge >= 0.3 is 11.9 Å². The second-order valence-corrected chi connectivity index (χ2v) is 9.21. The van der Waals surface area contributed by atoms with Crippen LogP contribution in [0, 0.1) is 28.6 Å². The molecule has 0 aromatic rings. The van der Waals surface area contributed by atoms with Crippen molar-refractivity contribution in [2.24, 2.45) is 28.6 Å². The molecule has 0 aromatic heterocycles. The summed E-state index contributed by atoms with van der Waals surface area (Å²) in [5.41, 5.74) is 0.741. The van der Waals surface area contributed by atoms with Gasteiger partial charge in [0.25, 0.3) is 0 Å². The predicted molar refractivity (Wildman–Crippen MR) is 99.4 cm³/mol. The van der Waals surface area contributed by atoms with Crippen molar-refractivity contribution in [3.63, 3.8) is 0 Å². The molecule has 0 aliphatic heterocycles. The molecule has 0 amide bonds. The standard InChI is InChI=1S/C21H30O7/c1-20-7-5-13-11(12(20)3-4-14(20)19(27)28)9-15(23)18(16(24)10-22)21(13,2)8-6-17(25)26/h12,14,16,18,22,24H,3-10H2,1-2H3,(H,25,26)(H,27,28)/t12-,14+,16-,18-,20-,21+/m0/s1. The monoisotopic (exact) mass is 394 g/mol. The van der Waals surface area contributed by atoms with E-state index in [0.717, 1.165) is 11.1 Å². The number of hydrogen-bond donors (Lipinski definition) is 4. The van der Waals surface area contributed by atoms with Crippen LogP contribution >= 0.6 is 0 Å². The van der Waals surface area contributed by atoms with E-state index in [1.807, 2.05) is 13.8 Å². The molecule has 0 radical (unpaired) electrons.